The number of nitrogens with one attached hydrogen (secondary N) is 1. The van der Waals surface area contributed by atoms with Gasteiger partial charge < -0.3 is 15.0 Å². The van der Waals surface area contributed by atoms with Crippen molar-refractivity contribution in [2.45, 2.75) is 33.4 Å². The molecule has 0 heterocycles. The van der Waals surface area contributed by atoms with Crippen LogP contribution >= 0.6 is 23.2 Å². The van der Waals surface area contributed by atoms with Gasteiger partial charge in [-0.3, -0.25) is 9.59 Å². The minimum Gasteiger partial charge on any atom is -0.482 e. The average molecular weight is 455 g/mol. The summed E-state index contributed by atoms with van der Waals surface area (Å²) in [6.07, 6.45) is 0. The van der Waals surface area contributed by atoms with Crippen molar-refractivity contribution in [3.8, 4) is 5.75 Å². The summed E-state index contributed by atoms with van der Waals surface area (Å²) in [6, 6.07) is 9.95. The summed E-state index contributed by atoms with van der Waals surface area (Å²) in [7, 11) is 0. The van der Waals surface area contributed by atoms with Crippen LogP contribution in [-0.4, -0.2) is 35.9 Å². The van der Waals surface area contributed by atoms with Gasteiger partial charge in [0.15, 0.2) is 6.61 Å². The van der Waals surface area contributed by atoms with Crippen LogP contribution in [0.2, 0.25) is 10.0 Å². The predicted octanol–water partition coefficient (Wildman–Crippen LogP) is 4.70. The van der Waals surface area contributed by atoms with E-state index in [2.05, 4.69) is 5.32 Å². The van der Waals surface area contributed by atoms with Gasteiger partial charge in [0.05, 0.1) is 5.02 Å². The van der Waals surface area contributed by atoms with E-state index in [1.165, 1.54) is 17.0 Å². The smallest absolute Gasteiger partial charge is 0.261 e. The standard InChI is InChI=1S/C22H25Cl2FN2O3/c1-14(2)11-26-22(29)15(3)27(12-16-6-4-5-7-19(16)25)21(28)13-30-20-9-8-17(23)10-18(20)24/h4-10,14-15H,11-13H2,1-3H3,(H,26,29)/t15-/m1/s1. The van der Waals surface area contributed by atoms with Gasteiger partial charge in [-0.25, -0.2) is 4.39 Å². The molecule has 0 spiro atoms. The van der Waals surface area contributed by atoms with Crippen LogP contribution in [0.5, 0.6) is 5.75 Å². The molecule has 0 aliphatic heterocycles. The number of amides is 2. The zero-order valence-electron chi connectivity index (χ0n) is 17.1. The number of hydrogen-bond donors (Lipinski definition) is 1. The lowest BCUT2D eigenvalue weighted by molar-refractivity contribution is -0.142. The van der Waals surface area contributed by atoms with Crippen LogP contribution in [0.4, 0.5) is 4.39 Å². The van der Waals surface area contributed by atoms with E-state index in [4.69, 9.17) is 27.9 Å². The second kappa shape index (κ2) is 11.2. The average Bonchev–Trinajstić information content (AvgIpc) is 2.70. The van der Waals surface area contributed by atoms with Crippen molar-refractivity contribution in [1.82, 2.24) is 10.2 Å². The van der Waals surface area contributed by atoms with Gasteiger partial charge in [0.25, 0.3) is 5.91 Å². The summed E-state index contributed by atoms with van der Waals surface area (Å²) in [5.41, 5.74) is 0.305. The summed E-state index contributed by atoms with van der Waals surface area (Å²) < 4.78 is 19.7. The van der Waals surface area contributed by atoms with E-state index in [0.29, 0.717) is 17.1 Å². The van der Waals surface area contributed by atoms with E-state index >= 15 is 0 Å². The maximum absolute atomic E-state index is 14.2. The predicted molar refractivity (Wildman–Crippen MR) is 116 cm³/mol. The van der Waals surface area contributed by atoms with Crippen molar-refractivity contribution >= 4 is 35.0 Å². The molecule has 1 atom stereocenters. The monoisotopic (exact) mass is 454 g/mol. The highest BCUT2D eigenvalue weighted by Gasteiger charge is 2.27. The third-order valence-electron chi connectivity index (χ3n) is 4.40. The number of nitrogens with zero attached hydrogens (tertiary/aromatic N) is 1. The van der Waals surface area contributed by atoms with Gasteiger partial charge in [-0.15, -0.1) is 0 Å². The Morgan fingerprint density at radius 3 is 2.47 bits per heavy atom. The zero-order valence-corrected chi connectivity index (χ0v) is 18.6. The summed E-state index contributed by atoms with van der Waals surface area (Å²) in [4.78, 5) is 26.8. The number of ether oxygens (including phenoxy) is 1. The Bertz CT molecular complexity index is 892. The van der Waals surface area contributed by atoms with Crippen LogP contribution < -0.4 is 10.1 Å². The molecule has 1 N–H and O–H groups in total. The molecule has 0 fully saturated rings. The molecular formula is C22H25Cl2FN2O3. The molecule has 30 heavy (non-hydrogen) atoms. The quantitative estimate of drug-likeness (QED) is 0.597. The molecule has 162 valence electrons. The Labute approximate surface area is 186 Å². The van der Waals surface area contributed by atoms with E-state index < -0.39 is 17.8 Å². The lowest BCUT2D eigenvalue weighted by Crippen LogP contribution is -2.49. The minimum atomic E-state index is -0.819. The Hall–Kier alpha value is -2.31. The second-order valence-corrected chi connectivity index (χ2v) is 8.14. The van der Waals surface area contributed by atoms with Gasteiger partial charge in [0.2, 0.25) is 5.91 Å². The van der Waals surface area contributed by atoms with Crippen LogP contribution in [0.1, 0.15) is 26.3 Å². The van der Waals surface area contributed by atoms with Crippen molar-refractivity contribution in [2.24, 2.45) is 5.92 Å². The molecule has 0 unspecified atom stereocenters. The Balaban J connectivity index is 2.17. The lowest BCUT2D eigenvalue weighted by atomic mass is 10.1. The highest BCUT2D eigenvalue weighted by Crippen LogP contribution is 2.27. The summed E-state index contributed by atoms with van der Waals surface area (Å²) >= 11 is 11.9. The third kappa shape index (κ3) is 6.89. The molecule has 0 saturated heterocycles. The molecular weight excluding hydrogens is 430 g/mol. The summed E-state index contributed by atoms with van der Waals surface area (Å²) in [5, 5.41) is 3.51. The number of hydrogen-bond acceptors (Lipinski definition) is 3. The minimum absolute atomic E-state index is 0.0700. The van der Waals surface area contributed by atoms with Gasteiger partial charge in [0.1, 0.15) is 17.6 Å². The molecule has 0 saturated carbocycles. The zero-order chi connectivity index (χ0) is 22.3. The van der Waals surface area contributed by atoms with Gasteiger partial charge in [-0.05, 0) is 37.1 Å². The molecule has 2 aromatic rings. The number of halogens is 3. The SMILES string of the molecule is CC(C)CNC(=O)[C@@H](C)N(Cc1ccccc1F)C(=O)COc1ccc(Cl)cc1Cl. The molecule has 2 aromatic carbocycles. The molecule has 0 bridgehead atoms. The van der Waals surface area contributed by atoms with Gasteiger partial charge in [-0.1, -0.05) is 55.2 Å². The number of rotatable bonds is 9. The van der Waals surface area contributed by atoms with Gasteiger partial charge in [-0.2, -0.15) is 0 Å². The molecule has 8 heteroatoms. The van der Waals surface area contributed by atoms with Crippen molar-refractivity contribution < 1.29 is 18.7 Å². The van der Waals surface area contributed by atoms with E-state index in [1.807, 2.05) is 13.8 Å². The van der Waals surface area contributed by atoms with Crippen molar-refractivity contribution in [3.05, 3.63) is 63.9 Å². The molecule has 2 amide bonds. The lowest BCUT2D eigenvalue weighted by Gasteiger charge is -2.29. The molecule has 5 nitrogen and oxygen atoms in total. The van der Waals surface area contributed by atoms with Crippen LogP contribution in [0.25, 0.3) is 0 Å². The Morgan fingerprint density at radius 2 is 1.83 bits per heavy atom. The van der Waals surface area contributed by atoms with Gasteiger partial charge >= 0.3 is 0 Å². The highest BCUT2D eigenvalue weighted by molar-refractivity contribution is 6.35. The van der Waals surface area contributed by atoms with E-state index in [0.717, 1.165) is 0 Å². The molecule has 0 aromatic heterocycles. The van der Waals surface area contributed by atoms with Crippen molar-refractivity contribution in [1.29, 1.82) is 0 Å². The van der Waals surface area contributed by atoms with Crippen LogP contribution in [0.3, 0.4) is 0 Å². The molecule has 0 aliphatic rings. The topological polar surface area (TPSA) is 58.6 Å². The van der Waals surface area contributed by atoms with Crippen molar-refractivity contribution in [3.63, 3.8) is 0 Å². The first kappa shape index (κ1) is 24.0. The first-order valence-electron chi connectivity index (χ1n) is 9.57. The number of benzene rings is 2. The Morgan fingerprint density at radius 1 is 1.13 bits per heavy atom. The van der Waals surface area contributed by atoms with E-state index in [9.17, 15) is 14.0 Å². The molecule has 0 aliphatic carbocycles. The maximum atomic E-state index is 14.2. The van der Waals surface area contributed by atoms with E-state index in [1.54, 1.807) is 37.3 Å². The molecule has 2 rings (SSSR count). The fourth-order valence-corrected chi connectivity index (χ4v) is 3.12. The Kier molecular flexibility index (Phi) is 8.93. The first-order valence-corrected chi connectivity index (χ1v) is 10.3. The normalized spacial score (nSPS) is 11.8. The van der Waals surface area contributed by atoms with Crippen molar-refractivity contribution in [2.75, 3.05) is 13.2 Å². The largest absolute Gasteiger partial charge is 0.482 e. The fraction of sp³-hybridized carbons (Fsp3) is 0.364. The van der Waals surface area contributed by atoms with E-state index in [-0.39, 0.29) is 35.7 Å². The maximum Gasteiger partial charge on any atom is 0.261 e. The summed E-state index contributed by atoms with van der Waals surface area (Å²) in [5.74, 6) is -0.703. The fourth-order valence-electron chi connectivity index (χ4n) is 2.66. The van der Waals surface area contributed by atoms with Crippen LogP contribution in [0.15, 0.2) is 42.5 Å². The summed E-state index contributed by atoms with van der Waals surface area (Å²) in [6.45, 7) is 5.58. The highest BCUT2D eigenvalue weighted by atomic mass is 35.5. The van der Waals surface area contributed by atoms with Crippen LogP contribution in [-0.2, 0) is 16.1 Å². The van der Waals surface area contributed by atoms with Crippen LogP contribution in [0, 0.1) is 11.7 Å². The number of carbonyl (C=O) groups excluding carboxylic acids is 2. The number of carbonyl (C=O) groups is 2. The third-order valence-corrected chi connectivity index (χ3v) is 4.93. The van der Waals surface area contributed by atoms with Gasteiger partial charge in [0, 0.05) is 23.7 Å². The first-order chi connectivity index (χ1) is 14.2. The molecule has 0 radical (unpaired) electrons. The second-order valence-electron chi connectivity index (χ2n) is 7.29.